The lowest BCUT2D eigenvalue weighted by molar-refractivity contribution is -0.140. The molecular weight excluding hydrogens is 260 g/mol. The van der Waals surface area contributed by atoms with E-state index in [2.05, 4.69) is 0 Å². The van der Waals surface area contributed by atoms with Crippen molar-refractivity contribution in [3.63, 3.8) is 0 Å². The third-order valence-electron chi connectivity index (χ3n) is 2.68. The van der Waals surface area contributed by atoms with Gasteiger partial charge in [-0.05, 0) is 31.2 Å². The van der Waals surface area contributed by atoms with E-state index in [-0.39, 0.29) is 18.9 Å². The Labute approximate surface area is 117 Å². The van der Waals surface area contributed by atoms with E-state index in [0.29, 0.717) is 11.3 Å². The highest BCUT2D eigenvalue weighted by molar-refractivity contribution is 5.81. The SMILES string of the molecule is CC(Oc1ccc(C#N)cc1)C(=O)N(C)CCC(=O)O. The first kappa shape index (κ1) is 15.5. The molecule has 106 valence electrons. The van der Waals surface area contributed by atoms with Crippen LogP contribution in [-0.2, 0) is 9.59 Å². The summed E-state index contributed by atoms with van der Waals surface area (Å²) in [6.07, 6.45) is -0.826. The van der Waals surface area contributed by atoms with Crippen molar-refractivity contribution in [1.29, 1.82) is 5.26 Å². The fourth-order valence-electron chi connectivity index (χ4n) is 1.55. The number of nitriles is 1. The van der Waals surface area contributed by atoms with Crippen molar-refractivity contribution in [2.45, 2.75) is 19.4 Å². The van der Waals surface area contributed by atoms with Crippen molar-refractivity contribution in [1.82, 2.24) is 4.90 Å². The zero-order chi connectivity index (χ0) is 15.1. The molecule has 0 heterocycles. The van der Waals surface area contributed by atoms with Crippen LogP contribution in [0.4, 0.5) is 0 Å². The number of amides is 1. The topological polar surface area (TPSA) is 90.6 Å². The summed E-state index contributed by atoms with van der Waals surface area (Å²) in [5.74, 6) is -0.766. The molecule has 0 saturated carbocycles. The maximum absolute atomic E-state index is 11.9. The van der Waals surface area contributed by atoms with E-state index < -0.39 is 12.1 Å². The molecule has 6 nitrogen and oxygen atoms in total. The van der Waals surface area contributed by atoms with E-state index in [1.807, 2.05) is 6.07 Å². The van der Waals surface area contributed by atoms with Gasteiger partial charge in [-0.25, -0.2) is 0 Å². The first-order valence-electron chi connectivity index (χ1n) is 6.07. The summed E-state index contributed by atoms with van der Waals surface area (Å²) in [4.78, 5) is 23.7. The molecule has 1 amide bonds. The molecule has 20 heavy (non-hydrogen) atoms. The Kier molecular flexibility index (Phi) is 5.54. The average molecular weight is 276 g/mol. The van der Waals surface area contributed by atoms with Gasteiger partial charge >= 0.3 is 5.97 Å². The van der Waals surface area contributed by atoms with Crippen molar-refractivity contribution in [2.24, 2.45) is 0 Å². The van der Waals surface area contributed by atoms with Crippen LogP contribution in [0.15, 0.2) is 24.3 Å². The summed E-state index contributed by atoms with van der Waals surface area (Å²) in [6, 6.07) is 8.41. The van der Waals surface area contributed by atoms with Crippen LogP contribution in [0.2, 0.25) is 0 Å². The summed E-state index contributed by atoms with van der Waals surface area (Å²) in [6.45, 7) is 1.73. The normalized spacial score (nSPS) is 11.2. The summed E-state index contributed by atoms with van der Waals surface area (Å²) >= 11 is 0. The van der Waals surface area contributed by atoms with Gasteiger partial charge in [-0.1, -0.05) is 0 Å². The van der Waals surface area contributed by atoms with Crippen LogP contribution in [-0.4, -0.2) is 41.6 Å². The minimum absolute atomic E-state index is 0.105. The van der Waals surface area contributed by atoms with Gasteiger partial charge in [-0.15, -0.1) is 0 Å². The molecule has 0 radical (unpaired) electrons. The molecule has 0 spiro atoms. The highest BCUT2D eigenvalue weighted by Gasteiger charge is 2.19. The van der Waals surface area contributed by atoms with Crippen LogP contribution in [0, 0.1) is 11.3 Å². The minimum atomic E-state index is -0.953. The predicted octanol–water partition coefficient (Wildman–Crippen LogP) is 1.26. The van der Waals surface area contributed by atoms with E-state index in [1.165, 1.54) is 11.9 Å². The van der Waals surface area contributed by atoms with Crippen molar-refractivity contribution in [3.05, 3.63) is 29.8 Å². The zero-order valence-electron chi connectivity index (χ0n) is 11.4. The Morgan fingerprint density at radius 1 is 1.40 bits per heavy atom. The predicted molar refractivity (Wildman–Crippen MR) is 71.1 cm³/mol. The van der Waals surface area contributed by atoms with Crippen LogP contribution in [0.1, 0.15) is 18.9 Å². The largest absolute Gasteiger partial charge is 0.481 e. The molecule has 1 rings (SSSR count). The average Bonchev–Trinajstić information content (AvgIpc) is 2.44. The van der Waals surface area contributed by atoms with E-state index in [0.717, 1.165) is 0 Å². The molecule has 1 atom stereocenters. The number of nitrogens with zero attached hydrogens (tertiary/aromatic N) is 2. The molecular formula is C14H16N2O4. The summed E-state index contributed by atoms with van der Waals surface area (Å²) < 4.78 is 5.46. The summed E-state index contributed by atoms with van der Waals surface area (Å²) in [5.41, 5.74) is 0.509. The van der Waals surface area contributed by atoms with Gasteiger partial charge in [0, 0.05) is 13.6 Å². The molecule has 0 aromatic heterocycles. The zero-order valence-corrected chi connectivity index (χ0v) is 11.4. The van der Waals surface area contributed by atoms with Gasteiger partial charge < -0.3 is 14.7 Å². The second-order valence-corrected chi connectivity index (χ2v) is 4.30. The molecule has 0 bridgehead atoms. The van der Waals surface area contributed by atoms with Crippen LogP contribution in [0.3, 0.4) is 0 Å². The van der Waals surface area contributed by atoms with E-state index in [4.69, 9.17) is 15.1 Å². The summed E-state index contributed by atoms with van der Waals surface area (Å²) in [5, 5.41) is 17.2. The van der Waals surface area contributed by atoms with Gasteiger partial charge in [0.05, 0.1) is 18.1 Å². The van der Waals surface area contributed by atoms with Crippen molar-refractivity contribution < 1.29 is 19.4 Å². The lowest BCUT2D eigenvalue weighted by atomic mass is 10.2. The van der Waals surface area contributed by atoms with E-state index in [9.17, 15) is 9.59 Å². The fraction of sp³-hybridized carbons (Fsp3) is 0.357. The van der Waals surface area contributed by atoms with Gasteiger partial charge in [-0.3, -0.25) is 9.59 Å². The number of carboxylic acids is 1. The van der Waals surface area contributed by atoms with Gasteiger partial charge in [0.15, 0.2) is 6.10 Å². The maximum Gasteiger partial charge on any atom is 0.305 e. The van der Waals surface area contributed by atoms with Crippen LogP contribution >= 0.6 is 0 Å². The number of carbonyl (C=O) groups is 2. The van der Waals surface area contributed by atoms with Gasteiger partial charge in [0.1, 0.15) is 5.75 Å². The van der Waals surface area contributed by atoms with Crippen LogP contribution < -0.4 is 4.74 Å². The molecule has 0 fully saturated rings. The first-order chi connectivity index (χ1) is 9.43. The molecule has 1 N–H and O–H groups in total. The fourth-order valence-corrected chi connectivity index (χ4v) is 1.55. The third kappa shape index (κ3) is 4.61. The number of benzene rings is 1. The van der Waals surface area contributed by atoms with E-state index >= 15 is 0 Å². The number of ether oxygens (including phenoxy) is 1. The minimum Gasteiger partial charge on any atom is -0.481 e. The Morgan fingerprint density at radius 2 is 2.00 bits per heavy atom. The molecule has 0 saturated heterocycles. The number of likely N-dealkylation sites (N-methyl/N-ethyl adjacent to an activating group) is 1. The summed E-state index contributed by atoms with van der Waals surface area (Å²) in [7, 11) is 1.53. The lowest BCUT2D eigenvalue weighted by Crippen LogP contribution is -2.38. The smallest absolute Gasteiger partial charge is 0.305 e. The van der Waals surface area contributed by atoms with Crippen LogP contribution in [0.5, 0.6) is 5.75 Å². The Morgan fingerprint density at radius 3 is 2.50 bits per heavy atom. The third-order valence-corrected chi connectivity index (χ3v) is 2.68. The first-order valence-corrected chi connectivity index (χ1v) is 6.07. The van der Waals surface area contributed by atoms with Crippen LogP contribution in [0.25, 0.3) is 0 Å². The van der Waals surface area contributed by atoms with E-state index in [1.54, 1.807) is 31.2 Å². The maximum atomic E-state index is 11.9. The van der Waals surface area contributed by atoms with Gasteiger partial charge in [-0.2, -0.15) is 5.26 Å². The standard InChI is InChI=1S/C14H16N2O4/c1-10(14(19)16(2)8-7-13(17)18)20-12-5-3-11(9-15)4-6-12/h3-6,10H,7-8H2,1-2H3,(H,17,18). The quantitative estimate of drug-likeness (QED) is 0.844. The molecule has 1 aromatic rings. The van der Waals surface area contributed by atoms with Crippen molar-refractivity contribution >= 4 is 11.9 Å². The number of carboxylic acid groups (broad SMARTS) is 1. The second kappa shape index (κ2) is 7.14. The molecule has 6 heteroatoms. The molecule has 1 unspecified atom stereocenters. The Balaban J connectivity index is 2.56. The number of carbonyl (C=O) groups excluding carboxylic acids is 1. The molecule has 0 aliphatic carbocycles. The van der Waals surface area contributed by atoms with Gasteiger partial charge in [0.25, 0.3) is 5.91 Å². The molecule has 0 aliphatic heterocycles. The Bertz CT molecular complexity index is 519. The van der Waals surface area contributed by atoms with Crippen molar-refractivity contribution in [3.8, 4) is 11.8 Å². The molecule has 0 aliphatic rings. The van der Waals surface area contributed by atoms with Crippen molar-refractivity contribution in [2.75, 3.05) is 13.6 Å². The number of hydrogen-bond donors (Lipinski definition) is 1. The lowest BCUT2D eigenvalue weighted by Gasteiger charge is -2.21. The second-order valence-electron chi connectivity index (χ2n) is 4.30. The number of rotatable bonds is 6. The highest BCUT2D eigenvalue weighted by atomic mass is 16.5. The van der Waals surface area contributed by atoms with Gasteiger partial charge in [0.2, 0.25) is 0 Å². The Hall–Kier alpha value is -2.55. The highest BCUT2D eigenvalue weighted by Crippen LogP contribution is 2.14. The monoisotopic (exact) mass is 276 g/mol. The number of hydrogen-bond acceptors (Lipinski definition) is 4. The molecule has 1 aromatic carbocycles. The number of aliphatic carboxylic acids is 1.